The molecular weight excluding hydrogens is 406 g/mol. The van der Waals surface area contributed by atoms with E-state index in [0.29, 0.717) is 31.6 Å². The van der Waals surface area contributed by atoms with Crippen LogP contribution >= 0.6 is 0 Å². The number of benzene rings is 2. The lowest BCUT2D eigenvalue weighted by Crippen LogP contribution is -2.43. The van der Waals surface area contributed by atoms with Gasteiger partial charge in [0.25, 0.3) is 0 Å². The molecule has 3 atom stereocenters. The molecule has 168 valence electrons. The molecule has 3 unspecified atom stereocenters. The van der Waals surface area contributed by atoms with E-state index in [9.17, 15) is 9.59 Å². The number of carbonyl (C=O) groups excluding carboxylic acids is 2. The van der Waals surface area contributed by atoms with Gasteiger partial charge < -0.3 is 19.5 Å². The van der Waals surface area contributed by atoms with E-state index in [1.54, 1.807) is 0 Å². The molecule has 6 heteroatoms. The summed E-state index contributed by atoms with van der Waals surface area (Å²) in [6.45, 7) is 4.46. The third kappa shape index (κ3) is 5.56. The summed E-state index contributed by atoms with van der Waals surface area (Å²) in [5, 5.41) is 2.86. The van der Waals surface area contributed by atoms with Gasteiger partial charge in [0, 0.05) is 13.0 Å². The van der Waals surface area contributed by atoms with Crippen LogP contribution in [0.15, 0.2) is 60.6 Å². The predicted octanol–water partition coefficient (Wildman–Crippen LogP) is 3.99. The molecule has 0 saturated heterocycles. The van der Waals surface area contributed by atoms with Crippen molar-refractivity contribution in [3.05, 3.63) is 77.2 Å². The summed E-state index contributed by atoms with van der Waals surface area (Å²) in [7, 11) is 0. The Morgan fingerprint density at radius 3 is 2.59 bits per heavy atom. The smallest absolute Gasteiger partial charge is 0.246 e. The highest BCUT2D eigenvalue weighted by Crippen LogP contribution is 2.35. The molecule has 1 aliphatic carbocycles. The maximum atomic E-state index is 12.9. The average Bonchev–Trinajstić information content (AvgIpc) is 2.78. The molecule has 2 aliphatic rings. The lowest BCUT2D eigenvalue weighted by molar-refractivity contribution is -0.138. The summed E-state index contributed by atoms with van der Waals surface area (Å²) in [4.78, 5) is 25.1. The Hall–Kier alpha value is -3.12. The largest absolute Gasteiger partial charge is 0.493 e. The van der Waals surface area contributed by atoms with Gasteiger partial charge in [0.15, 0.2) is 0 Å². The number of allylic oxidation sites excluding steroid dienone is 1. The van der Waals surface area contributed by atoms with Gasteiger partial charge in [-0.1, -0.05) is 36.4 Å². The molecule has 0 radical (unpaired) electrons. The third-order valence-corrected chi connectivity index (χ3v) is 5.88. The normalized spacial score (nSPS) is 22.4. The van der Waals surface area contributed by atoms with Gasteiger partial charge in [-0.2, -0.15) is 0 Å². The van der Waals surface area contributed by atoms with Gasteiger partial charge in [-0.05, 0) is 55.5 Å². The Labute approximate surface area is 188 Å². The van der Waals surface area contributed by atoms with Crippen LogP contribution in [0.4, 0.5) is 0 Å². The van der Waals surface area contributed by atoms with Crippen molar-refractivity contribution in [3.63, 3.8) is 0 Å². The van der Waals surface area contributed by atoms with Crippen LogP contribution in [-0.4, -0.2) is 30.5 Å². The van der Waals surface area contributed by atoms with Crippen LogP contribution in [0, 0.1) is 19.8 Å². The molecule has 6 nitrogen and oxygen atoms in total. The summed E-state index contributed by atoms with van der Waals surface area (Å²) >= 11 is 0. The fourth-order valence-corrected chi connectivity index (χ4v) is 4.32. The molecule has 1 amide bonds. The van der Waals surface area contributed by atoms with Crippen LogP contribution < -0.4 is 10.1 Å². The van der Waals surface area contributed by atoms with E-state index in [4.69, 9.17) is 14.2 Å². The molecule has 0 spiro atoms. The second-order valence-electron chi connectivity index (χ2n) is 8.56. The number of ether oxygens (including phenoxy) is 3. The van der Waals surface area contributed by atoms with Crippen molar-refractivity contribution < 1.29 is 23.8 Å². The predicted molar refractivity (Wildman–Crippen MR) is 120 cm³/mol. The summed E-state index contributed by atoms with van der Waals surface area (Å²) in [6.07, 6.45) is 3.00. The molecule has 0 bridgehead atoms. The van der Waals surface area contributed by atoms with Crippen molar-refractivity contribution in [2.24, 2.45) is 5.92 Å². The highest BCUT2D eigenvalue weighted by molar-refractivity contribution is 5.96. The summed E-state index contributed by atoms with van der Waals surface area (Å²) < 4.78 is 17.5. The number of fused-ring (bicyclic) bond motifs is 1. The SMILES string of the molecule is Cc1cc(C)cc(OC2=COC3CC(OCC(=O)NCc4ccccc4)CCC3C2=O)c1. The van der Waals surface area contributed by atoms with Crippen LogP contribution in [0.3, 0.4) is 0 Å². The number of ketones is 1. The molecule has 32 heavy (non-hydrogen) atoms. The molecule has 1 saturated carbocycles. The fraction of sp³-hybridized carbons (Fsp3) is 0.385. The highest BCUT2D eigenvalue weighted by atomic mass is 16.5. The molecule has 0 aromatic heterocycles. The zero-order valence-electron chi connectivity index (χ0n) is 18.5. The van der Waals surface area contributed by atoms with E-state index in [0.717, 1.165) is 16.7 Å². The van der Waals surface area contributed by atoms with Gasteiger partial charge in [0.05, 0.1) is 12.0 Å². The van der Waals surface area contributed by atoms with Gasteiger partial charge in [0.2, 0.25) is 17.4 Å². The van der Waals surface area contributed by atoms with E-state index in [1.165, 1.54) is 6.26 Å². The van der Waals surface area contributed by atoms with E-state index in [1.807, 2.05) is 56.3 Å². The maximum Gasteiger partial charge on any atom is 0.246 e. The monoisotopic (exact) mass is 435 g/mol. The van der Waals surface area contributed by atoms with Crippen molar-refractivity contribution in [2.75, 3.05) is 6.61 Å². The number of carbonyl (C=O) groups is 2. The van der Waals surface area contributed by atoms with Crippen LogP contribution in [0.2, 0.25) is 0 Å². The summed E-state index contributed by atoms with van der Waals surface area (Å²) in [5.74, 6) is 0.464. The van der Waals surface area contributed by atoms with Gasteiger partial charge >= 0.3 is 0 Å². The van der Waals surface area contributed by atoms with Gasteiger partial charge in [-0.15, -0.1) is 0 Å². The lowest BCUT2D eigenvalue weighted by Gasteiger charge is -2.37. The Morgan fingerprint density at radius 1 is 1.09 bits per heavy atom. The Bertz CT molecular complexity index is 980. The highest BCUT2D eigenvalue weighted by Gasteiger charge is 2.41. The molecule has 2 aromatic rings. The molecule has 4 rings (SSSR count). The average molecular weight is 436 g/mol. The number of nitrogens with one attached hydrogen (secondary N) is 1. The van der Waals surface area contributed by atoms with E-state index in [2.05, 4.69) is 11.4 Å². The van der Waals surface area contributed by atoms with Gasteiger partial charge in [-0.3, -0.25) is 9.59 Å². The lowest BCUT2D eigenvalue weighted by atomic mass is 9.80. The minimum Gasteiger partial charge on any atom is -0.493 e. The van der Waals surface area contributed by atoms with Crippen LogP contribution in [0.1, 0.15) is 36.0 Å². The number of amides is 1. The standard InChI is InChI=1S/C26H29NO5/c1-17-10-18(2)12-21(11-17)32-24-15-31-23-13-20(8-9-22(23)26(24)29)30-16-25(28)27-14-19-6-4-3-5-7-19/h3-7,10-12,15,20,22-23H,8-9,13-14,16H2,1-2H3,(H,27,28). The maximum absolute atomic E-state index is 12.9. The van der Waals surface area contributed by atoms with E-state index in [-0.39, 0.29) is 42.2 Å². The first-order chi connectivity index (χ1) is 15.5. The topological polar surface area (TPSA) is 73.9 Å². The van der Waals surface area contributed by atoms with Crippen molar-refractivity contribution >= 4 is 11.7 Å². The first-order valence-corrected chi connectivity index (χ1v) is 11.1. The number of hydrogen-bond acceptors (Lipinski definition) is 5. The van der Waals surface area contributed by atoms with E-state index >= 15 is 0 Å². The second-order valence-corrected chi connectivity index (χ2v) is 8.56. The van der Waals surface area contributed by atoms with Gasteiger partial charge in [-0.25, -0.2) is 0 Å². The number of hydrogen-bond donors (Lipinski definition) is 1. The molecule has 1 fully saturated rings. The van der Waals surface area contributed by atoms with E-state index < -0.39 is 0 Å². The number of aryl methyl sites for hydroxylation is 2. The van der Waals surface area contributed by atoms with Crippen molar-refractivity contribution in [2.45, 2.75) is 51.9 Å². The first-order valence-electron chi connectivity index (χ1n) is 11.1. The zero-order valence-corrected chi connectivity index (χ0v) is 18.5. The molecule has 1 aliphatic heterocycles. The number of Topliss-reactive ketones (excluding diaryl/α,β-unsaturated/α-hetero) is 1. The molecule has 1 N–H and O–H groups in total. The molecular formula is C26H29NO5. The minimum absolute atomic E-state index is 0.000255. The van der Waals surface area contributed by atoms with Crippen molar-refractivity contribution in [3.8, 4) is 5.75 Å². The first kappa shape index (κ1) is 22.1. The number of rotatable bonds is 7. The Kier molecular flexibility index (Phi) is 6.90. The molecule has 1 heterocycles. The van der Waals surface area contributed by atoms with Crippen molar-refractivity contribution in [1.29, 1.82) is 0 Å². The fourth-order valence-electron chi connectivity index (χ4n) is 4.32. The third-order valence-electron chi connectivity index (χ3n) is 5.88. The Balaban J connectivity index is 1.26. The summed E-state index contributed by atoms with van der Waals surface area (Å²) in [5.41, 5.74) is 3.20. The van der Waals surface area contributed by atoms with Crippen LogP contribution in [0.5, 0.6) is 5.75 Å². The van der Waals surface area contributed by atoms with Gasteiger partial charge in [0.1, 0.15) is 24.7 Å². The second kappa shape index (κ2) is 10.0. The van der Waals surface area contributed by atoms with Crippen molar-refractivity contribution in [1.82, 2.24) is 5.32 Å². The van der Waals surface area contributed by atoms with Crippen LogP contribution in [0.25, 0.3) is 0 Å². The molecule has 2 aromatic carbocycles. The Morgan fingerprint density at radius 2 is 1.84 bits per heavy atom. The van der Waals surface area contributed by atoms with Crippen LogP contribution in [-0.2, 0) is 25.6 Å². The summed E-state index contributed by atoms with van der Waals surface area (Å²) in [6, 6.07) is 15.6. The zero-order chi connectivity index (χ0) is 22.5. The minimum atomic E-state index is -0.250. The quantitative estimate of drug-likeness (QED) is 0.712.